The van der Waals surface area contributed by atoms with Gasteiger partial charge in [-0.05, 0) is 43.7 Å². The van der Waals surface area contributed by atoms with E-state index in [-0.39, 0.29) is 17.6 Å². The third-order valence-corrected chi connectivity index (χ3v) is 5.97. The average Bonchev–Trinajstić information content (AvgIpc) is 3.26. The van der Waals surface area contributed by atoms with E-state index < -0.39 is 18.1 Å². The van der Waals surface area contributed by atoms with Gasteiger partial charge >= 0.3 is 0 Å². The van der Waals surface area contributed by atoms with Crippen LogP contribution in [0.5, 0.6) is 5.75 Å². The molecule has 0 radical (unpaired) electrons. The lowest BCUT2D eigenvalue weighted by atomic mass is 9.90. The molecule has 5 rings (SSSR count). The molecule has 0 spiro atoms. The van der Waals surface area contributed by atoms with E-state index in [0.717, 1.165) is 11.1 Å². The van der Waals surface area contributed by atoms with Crippen molar-refractivity contribution >= 4 is 23.2 Å². The molecule has 2 fully saturated rings. The number of carbonyl (C=O) groups excluding carboxylic acids is 2. The summed E-state index contributed by atoms with van der Waals surface area (Å²) in [5.74, 6) is -1.43. The molecule has 2 aliphatic rings. The number of benzene rings is 3. The number of phenols is 1. The van der Waals surface area contributed by atoms with Crippen LogP contribution >= 0.6 is 0 Å². The van der Waals surface area contributed by atoms with Crippen LogP contribution in [0.2, 0.25) is 0 Å². The van der Waals surface area contributed by atoms with Gasteiger partial charge in [-0.1, -0.05) is 54.1 Å². The van der Waals surface area contributed by atoms with Crippen LogP contribution in [0.4, 0.5) is 11.4 Å². The molecule has 2 amide bonds. The molecule has 0 unspecified atom stereocenters. The number of aromatic hydroxyl groups is 1. The molecule has 3 aromatic carbocycles. The first-order valence-corrected chi connectivity index (χ1v) is 10.2. The fourth-order valence-electron chi connectivity index (χ4n) is 4.56. The van der Waals surface area contributed by atoms with Crippen LogP contribution in [0.15, 0.2) is 72.8 Å². The zero-order valence-electron chi connectivity index (χ0n) is 17.2. The van der Waals surface area contributed by atoms with Crippen molar-refractivity contribution < 1.29 is 19.5 Å². The van der Waals surface area contributed by atoms with Crippen LogP contribution in [-0.2, 0) is 14.4 Å². The number of nitrogens with zero attached hydrogens (tertiary/aromatic N) is 2. The van der Waals surface area contributed by atoms with Gasteiger partial charge in [-0.15, -0.1) is 0 Å². The molecule has 3 atom stereocenters. The highest BCUT2D eigenvalue weighted by Crippen LogP contribution is 2.49. The van der Waals surface area contributed by atoms with Crippen molar-refractivity contribution in [2.45, 2.75) is 26.0 Å². The Hall–Kier alpha value is -3.64. The molecule has 6 heteroatoms. The van der Waals surface area contributed by atoms with Crippen LogP contribution < -0.4 is 9.96 Å². The van der Waals surface area contributed by atoms with Gasteiger partial charge in [0.1, 0.15) is 11.7 Å². The Labute approximate surface area is 180 Å². The van der Waals surface area contributed by atoms with E-state index in [1.165, 1.54) is 4.90 Å². The lowest BCUT2D eigenvalue weighted by molar-refractivity contribution is -0.126. The summed E-state index contributed by atoms with van der Waals surface area (Å²) in [6.07, 6.45) is -0.960. The van der Waals surface area contributed by atoms with E-state index in [2.05, 4.69) is 0 Å². The predicted molar refractivity (Wildman–Crippen MR) is 117 cm³/mol. The Bertz CT molecular complexity index is 1180. The second-order valence-electron chi connectivity index (χ2n) is 8.02. The number of para-hydroxylation sites is 2. The highest BCUT2D eigenvalue weighted by Gasteiger charge is 2.60. The topological polar surface area (TPSA) is 70.1 Å². The Morgan fingerprint density at radius 3 is 2.29 bits per heavy atom. The van der Waals surface area contributed by atoms with Crippen molar-refractivity contribution in [2.75, 3.05) is 9.96 Å². The Morgan fingerprint density at radius 2 is 1.58 bits per heavy atom. The van der Waals surface area contributed by atoms with Crippen LogP contribution in [0.25, 0.3) is 0 Å². The quantitative estimate of drug-likeness (QED) is 0.655. The standard InChI is InChI=1S/C25H22N2O4/c1-15-12-13-19(16(2)14-15)26-24(29)21-22(18-10-6-7-11-20(18)28)27(31-23(21)25(26)30)17-8-4-3-5-9-17/h3-14,21-23,28H,1-2H3/t21-,22-,23-/m1/s1. The molecule has 0 aliphatic carbocycles. The highest BCUT2D eigenvalue weighted by atomic mass is 16.7. The third kappa shape index (κ3) is 2.99. The lowest BCUT2D eigenvalue weighted by Gasteiger charge is -2.29. The number of aryl methyl sites for hydroxylation is 2. The van der Waals surface area contributed by atoms with Gasteiger partial charge in [0.25, 0.3) is 5.91 Å². The van der Waals surface area contributed by atoms with Gasteiger partial charge in [-0.3, -0.25) is 14.4 Å². The van der Waals surface area contributed by atoms with Gasteiger partial charge in [-0.2, -0.15) is 0 Å². The summed E-state index contributed by atoms with van der Waals surface area (Å²) in [6, 6.07) is 21.2. The molecule has 2 aliphatic heterocycles. The first kappa shape index (κ1) is 19.3. The van der Waals surface area contributed by atoms with Gasteiger partial charge in [0.15, 0.2) is 6.10 Å². The summed E-state index contributed by atoms with van der Waals surface area (Å²) in [5, 5.41) is 12.2. The summed E-state index contributed by atoms with van der Waals surface area (Å²) in [5.41, 5.74) is 3.73. The number of rotatable bonds is 3. The number of amides is 2. The smallest absolute Gasteiger partial charge is 0.266 e. The number of imide groups is 1. The Kier molecular flexibility index (Phi) is 4.52. The second-order valence-corrected chi connectivity index (χ2v) is 8.02. The molecule has 2 saturated heterocycles. The van der Waals surface area contributed by atoms with Gasteiger partial charge in [-0.25, -0.2) is 9.96 Å². The number of hydrogen-bond donors (Lipinski definition) is 1. The predicted octanol–water partition coefficient (Wildman–Crippen LogP) is 4.06. The summed E-state index contributed by atoms with van der Waals surface area (Å²) >= 11 is 0. The van der Waals surface area contributed by atoms with Gasteiger partial charge in [0.05, 0.1) is 17.4 Å². The Morgan fingerprint density at radius 1 is 0.871 bits per heavy atom. The fraction of sp³-hybridized carbons (Fsp3) is 0.200. The minimum Gasteiger partial charge on any atom is -0.508 e. The molecule has 0 aromatic heterocycles. The normalized spacial score (nSPS) is 22.8. The number of phenolic OH excluding ortho intramolecular Hbond substituents is 1. The van der Waals surface area contributed by atoms with E-state index in [4.69, 9.17) is 4.84 Å². The molecule has 3 aromatic rings. The van der Waals surface area contributed by atoms with Crippen molar-refractivity contribution in [3.63, 3.8) is 0 Å². The summed E-state index contributed by atoms with van der Waals surface area (Å²) in [4.78, 5) is 34.3. The van der Waals surface area contributed by atoms with E-state index in [1.54, 1.807) is 35.4 Å². The number of anilines is 2. The van der Waals surface area contributed by atoms with Crippen LogP contribution in [0.3, 0.4) is 0 Å². The van der Waals surface area contributed by atoms with Gasteiger partial charge in [0, 0.05) is 5.56 Å². The van der Waals surface area contributed by atoms with Crippen molar-refractivity contribution in [1.82, 2.24) is 0 Å². The number of hydroxylamine groups is 1. The molecule has 0 bridgehead atoms. The van der Waals surface area contributed by atoms with Crippen LogP contribution in [0.1, 0.15) is 22.7 Å². The first-order valence-electron chi connectivity index (χ1n) is 10.2. The second kappa shape index (κ2) is 7.25. The molecular weight excluding hydrogens is 392 g/mol. The number of hydrogen-bond acceptors (Lipinski definition) is 5. The van der Waals surface area contributed by atoms with Crippen molar-refractivity contribution in [1.29, 1.82) is 0 Å². The monoisotopic (exact) mass is 414 g/mol. The maximum Gasteiger partial charge on any atom is 0.266 e. The van der Waals surface area contributed by atoms with E-state index >= 15 is 0 Å². The first-order chi connectivity index (χ1) is 15.0. The molecule has 1 N–H and O–H groups in total. The van der Waals surface area contributed by atoms with Crippen molar-refractivity contribution in [2.24, 2.45) is 5.92 Å². The summed E-state index contributed by atoms with van der Waals surface area (Å²) in [7, 11) is 0. The van der Waals surface area contributed by atoms with Gasteiger partial charge < -0.3 is 5.11 Å². The largest absolute Gasteiger partial charge is 0.508 e. The lowest BCUT2D eigenvalue weighted by Crippen LogP contribution is -2.37. The van der Waals surface area contributed by atoms with Crippen molar-refractivity contribution in [3.8, 4) is 5.75 Å². The minimum absolute atomic E-state index is 0.0582. The fourth-order valence-corrected chi connectivity index (χ4v) is 4.56. The third-order valence-electron chi connectivity index (χ3n) is 5.97. The molecular formula is C25H22N2O4. The minimum atomic E-state index is -0.960. The number of fused-ring (bicyclic) bond motifs is 1. The molecule has 31 heavy (non-hydrogen) atoms. The average molecular weight is 414 g/mol. The molecule has 0 saturated carbocycles. The SMILES string of the molecule is Cc1ccc(N2C(=O)[C@@H]3[C@@H](c4ccccc4O)N(c4ccccc4)O[C@H]3C2=O)c(C)c1. The zero-order valence-corrected chi connectivity index (χ0v) is 17.2. The number of carbonyl (C=O) groups is 2. The van der Waals surface area contributed by atoms with Crippen molar-refractivity contribution in [3.05, 3.63) is 89.5 Å². The molecule has 156 valence electrons. The van der Waals surface area contributed by atoms with E-state index in [0.29, 0.717) is 16.9 Å². The zero-order chi connectivity index (χ0) is 21.7. The Balaban J connectivity index is 1.61. The highest BCUT2D eigenvalue weighted by molar-refractivity contribution is 6.24. The maximum atomic E-state index is 13.6. The van der Waals surface area contributed by atoms with E-state index in [1.807, 2.05) is 56.3 Å². The van der Waals surface area contributed by atoms with Gasteiger partial charge in [0.2, 0.25) is 5.91 Å². The molecule has 6 nitrogen and oxygen atoms in total. The van der Waals surface area contributed by atoms with Crippen LogP contribution in [-0.4, -0.2) is 23.0 Å². The summed E-state index contributed by atoms with van der Waals surface area (Å²) in [6.45, 7) is 3.85. The summed E-state index contributed by atoms with van der Waals surface area (Å²) < 4.78 is 0. The maximum absolute atomic E-state index is 13.6. The molecule has 2 heterocycles. The van der Waals surface area contributed by atoms with Crippen LogP contribution in [0, 0.1) is 19.8 Å². The van der Waals surface area contributed by atoms with E-state index in [9.17, 15) is 14.7 Å².